The smallest absolute Gasteiger partial charge is 0.293 e. The first-order valence-electron chi connectivity index (χ1n) is 12.5. The lowest BCUT2D eigenvalue weighted by Gasteiger charge is -2.17. The molecule has 3 aromatic carbocycles. The first kappa shape index (κ1) is 28.3. The number of carbonyl (C=O) groups excluding carboxylic acids is 3. The number of halogens is 1. The molecule has 0 aromatic heterocycles. The molecular formula is C30H29ClN2O5S. The van der Waals surface area contributed by atoms with E-state index in [-0.39, 0.29) is 36.8 Å². The molecule has 1 heterocycles. The van der Waals surface area contributed by atoms with Crippen LogP contribution in [0.15, 0.2) is 71.6 Å². The number of rotatable bonds is 10. The normalized spacial score (nSPS) is 14.3. The Morgan fingerprint density at radius 3 is 2.56 bits per heavy atom. The van der Waals surface area contributed by atoms with Gasteiger partial charge < -0.3 is 14.8 Å². The highest BCUT2D eigenvalue weighted by molar-refractivity contribution is 8.18. The first-order valence-corrected chi connectivity index (χ1v) is 13.7. The van der Waals surface area contributed by atoms with Crippen LogP contribution in [0.1, 0.15) is 36.5 Å². The zero-order chi connectivity index (χ0) is 27.9. The molecule has 7 nitrogen and oxygen atoms in total. The van der Waals surface area contributed by atoms with Crippen LogP contribution >= 0.6 is 23.4 Å². The third kappa shape index (κ3) is 7.65. The molecule has 0 spiro atoms. The van der Waals surface area contributed by atoms with Crippen LogP contribution in [0.4, 0.5) is 10.5 Å². The van der Waals surface area contributed by atoms with E-state index in [2.05, 4.69) is 19.2 Å². The molecule has 0 atom stereocenters. The Labute approximate surface area is 237 Å². The molecule has 3 aromatic rings. The maximum Gasteiger partial charge on any atom is 0.293 e. The van der Waals surface area contributed by atoms with E-state index in [9.17, 15) is 14.4 Å². The van der Waals surface area contributed by atoms with Gasteiger partial charge in [-0.25, -0.2) is 0 Å². The molecule has 0 bridgehead atoms. The van der Waals surface area contributed by atoms with Gasteiger partial charge in [-0.15, -0.1) is 0 Å². The zero-order valence-corrected chi connectivity index (χ0v) is 23.5. The number of hydrogen-bond acceptors (Lipinski definition) is 6. The van der Waals surface area contributed by atoms with Gasteiger partial charge in [-0.2, -0.15) is 0 Å². The fraction of sp³-hybridized carbons (Fsp3) is 0.233. The van der Waals surface area contributed by atoms with Crippen LogP contribution < -0.4 is 14.8 Å². The van der Waals surface area contributed by atoms with Crippen molar-refractivity contribution in [2.45, 2.75) is 26.7 Å². The van der Waals surface area contributed by atoms with Crippen molar-refractivity contribution in [1.82, 2.24) is 4.90 Å². The van der Waals surface area contributed by atoms with Crippen LogP contribution in [0.3, 0.4) is 0 Å². The van der Waals surface area contributed by atoms with E-state index in [1.54, 1.807) is 54.6 Å². The number of nitrogens with zero attached hydrogens (tertiary/aromatic N) is 1. The zero-order valence-electron chi connectivity index (χ0n) is 21.9. The number of ether oxygens (including phenoxy) is 2. The molecule has 1 saturated heterocycles. The molecule has 9 heteroatoms. The van der Waals surface area contributed by atoms with E-state index in [1.807, 2.05) is 25.1 Å². The van der Waals surface area contributed by atoms with Crippen molar-refractivity contribution >= 4 is 52.2 Å². The van der Waals surface area contributed by atoms with Crippen molar-refractivity contribution in [2.75, 3.05) is 25.1 Å². The van der Waals surface area contributed by atoms with Gasteiger partial charge in [0.25, 0.3) is 17.1 Å². The maximum atomic E-state index is 13.0. The molecule has 1 N–H and O–H groups in total. The van der Waals surface area contributed by atoms with Crippen molar-refractivity contribution in [2.24, 2.45) is 0 Å². The minimum Gasteiger partial charge on any atom is -0.491 e. The summed E-state index contributed by atoms with van der Waals surface area (Å²) in [4.78, 5) is 39.2. The lowest BCUT2D eigenvalue weighted by atomic mass is 10.0. The van der Waals surface area contributed by atoms with Gasteiger partial charge >= 0.3 is 0 Å². The van der Waals surface area contributed by atoms with Gasteiger partial charge in [-0.1, -0.05) is 49.7 Å². The van der Waals surface area contributed by atoms with Crippen molar-refractivity contribution in [3.63, 3.8) is 0 Å². The molecule has 3 amide bonds. The second kappa shape index (κ2) is 12.9. The van der Waals surface area contributed by atoms with Gasteiger partial charge in [-0.3, -0.25) is 19.3 Å². The summed E-state index contributed by atoms with van der Waals surface area (Å²) in [6, 6.07) is 19.8. The quantitative estimate of drug-likeness (QED) is 0.269. The average Bonchev–Trinajstić information content (AvgIpc) is 3.16. The number of amides is 3. The molecular weight excluding hydrogens is 536 g/mol. The van der Waals surface area contributed by atoms with Crippen molar-refractivity contribution in [3.8, 4) is 11.5 Å². The number of benzene rings is 3. The standard InChI is InChI=1S/C30H29ClN2O5S/c1-19(2)25-12-7-20(3)15-26(25)37-14-13-33-29(35)27(39-30(33)36)17-21-5-4-6-24(16-21)38-18-28(34)32-23-10-8-22(31)9-11-23/h4-12,15-17,19H,13-14,18H2,1-3H3,(H,32,34)/b27-17-. The topological polar surface area (TPSA) is 84.9 Å². The Bertz CT molecular complexity index is 1400. The van der Waals surface area contributed by atoms with E-state index in [0.717, 1.165) is 28.6 Å². The summed E-state index contributed by atoms with van der Waals surface area (Å²) in [5, 5.41) is 2.97. The monoisotopic (exact) mass is 564 g/mol. The van der Waals surface area contributed by atoms with Gasteiger partial charge in [0.15, 0.2) is 6.61 Å². The highest BCUT2D eigenvalue weighted by atomic mass is 35.5. The SMILES string of the molecule is Cc1ccc(C(C)C)c(OCCN2C(=O)S/C(=C\c3cccc(OCC(=O)Nc4ccc(Cl)cc4)c3)C2=O)c1. The Morgan fingerprint density at radius 2 is 1.82 bits per heavy atom. The second-order valence-electron chi connectivity index (χ2n) is 9.29. The molecule has 4 rings (SSSR count). The highest BCUT2D eigenvalue weighted by Crippen LogP contribution is 2.33. The predicted octanol–water partition coefficient (Wildman–Crippen LogP) is 6.90. The van der Waals surface area contributed by atoms with E-state index >= 15 is 0 Å². The van der Waals surface area contributed by atoms with Crippen LogP contribution in [0, 0.1) is 6.92 Å². The summed E-state index contributed by atoms with van der Waals surface area (Å²) in [6.45, 7) is 6.34. The fourth-order valence-corrected chi connectivity index (χ4v) is 4.90. The van der Waals surface area contributed by atoms with E-state index in [1.165, 1.54) is 4.90 Å². The molecule has 0 radical (unpaired) electrons. The van der Waals surface area contributed by atoms with E-state index in [4.69, 9.17) is 21.1 Å². The second-order valence-corrected chi connectivity index (χ2v) is 10.7. The van der Waals surface area contributed by atoms with Gasteiger partial charge in [0.2, 0.25) is 0 Å². The predicted molar refractivity (Wildman–Crippen MR) is 155 cm³/mol. The molecule has 202 valence electrons. The Morgan fingerprint density at radius 1 is 1.05 bits per heavy atom. The minimum absolute atomic E-state index is 0.152. The lowest BCUT2D eigenvalue weighted by molar-refractivity contribution is -0.123. The maximum absolute atomic E-state index is 13.0. The lowest BCUT2D eigenvalue weighted by Crippen LogP contribution is -2.32. The summed E-state index contributed by atoms with van der Waals surface area (Å²) in [5.74, 6) is 0.833. The summed E-state index contributed by atoms with van der Waals surface area (Å²) >= 11 is 6.75. The third-order valence-corrected chi connectivity index (χ3v) is 7.05. The van der Waals surface area contributed by atoms with E-state index < -0.39 is 0 Å². The molecule has 0 saturated carbocycles. The summed E-state index contributed by atoms with van der Waals surface area (Å²) < 4.78 is 11.6. The number of imide groups is 1. The first-order chi connectivity index (χ1) is 18.7. The number of carbonyl (C=O) groups is 3. The Kier molecular flexibility index (Phi) is 9.32. The summed E-state index contributed by atoms with van der Waals surface area (Å²) in [5.41, 5.74) is 3.45. The van der Waals surface area contributed by atoms with Crippen LogP contribution in [0.2, 0.25) is 5.02 Å². The van der Waals surface area contributed by atoms with Gasteiger partial charge in [-0.05, 0) is 89.8 Å². The number of nitrogens with one attached hydrogen (secondary N) is 1. The molecule has 1 aliphatic rings. The Balaban J connectivity index is 1.33. The Hall–Kier alpha value is -3.75. The number of aryl methyl sites for hydroxylation is 1. The summed E-state index contributed by atoms with van der Waals surface area (Å²) in [6.07, 6.45) is 1.64. The highest BCUT2D eigenvalue weighted by Gasteiger charge is 2.34. The van der Waals surface area contributed by atoms with Crippen LogP contribution in [-0.2, 0) is 9.59 Å². The fourth-order valence-electron chi connectivity index (χ4n) is 3.91. The molecule has 39 heavy (non-hydrogen) atoms. The molecule has 1 fully saturated rings. The van der Waals surface area contributed by atoms with Crippen LogP contribution in [0.5, 0.6) is 11.5 Å². The number of hydrogen-bond donors (Lipinski definition) is 1. The van der Waals surface area contributed by atoms with Gasteiger partial charge in [0, 0.05) is 10.7 Å². The van der Waals surface area contributed by atoms with Crippen molar-refractivity contribution < 1.29 is 23.9 Å². The van der Waals surface area contributed by atoms with Gasteiger partial charge in [0.1, 0.15) is 18.1 Å². The number of anilines is 1. The largest absolute Gasteiger partial charge is 0.491 e. The number of thioether (sulfide) groups is 1. The van der Waals surface area contributed by atoms with Crippen LogP contribution in [0.25, 0.3) is 6.08 Å². The molecule has 0 unspecified atom stereocenters. The van der Waals surface area contributed by atoms with Gasteiger partial charge in [0.05, 0.1) is 11.4 Å². The van der Waals surface area contributed by atoms with E-state index in [0.29, 0.717) is 32.8 Å². The molecule has 1 aliphatic heterocycles. The third-order valence-electron chi connectivity index (χ3n) is 5.89. The van der Waals surface area contributed by atoms with Crippen LogP contribution in [-0.4, -0.2) is 41.7 Å². The van der Waals surface area contributed by atoms with Crippen molar-refractivity contribution in [1.29, 1.82) is 0 Å². The minimum atomic E-state index is -0.365. The van der Waals surface area contributed by atoms with Crippen molar-refractivity contribution in [3.05, 3.63) is 93.3 Å². The summed E-state index contributed by atoms with van der Waals surface area (Å²) in [7, 11) is 0. The average molecular weight is 565 g/mol. The molecule has 0 aliphatic carbocycles.